The molecule has 21 heavy (non-hydrogen) atoms. The van der Waals surface area contributed by atoms with Gasteiger partial charge in [-0.3, -0.25) is 4.79 Å². The number of hydrogen-bond acceptors (Lipinski definition) is 5. The minimum Gasteiger partial charge on any atom is -0.493 e. The fourth-order valence-electron chi connectivity index (χ4n) is 2.32. The van der Waals surface area contributed by atoms with Gasteiger partial charge in [-0.2, -0.15) is 0 Å². The zero-order valence-electron chi connectivity index (χ0n) is 13.2. The van der Waals surface area contributed by atoms with Gasteiger partial charge in [-0.15, -0.1) is 0 Å². The first-order valence-corrected chi connectivity index (χ1v) is 7.20. The molecule has 5 heteroatoms. The van der Waals surface area contributed by atoms with E-state index in [2.05, 4.69) is 0 Å². The second-order valence-corrected chi connectivity index (χ2v) is 4.82. The summed E-state index contributed by atoms with van der Waals surface area (Å²) in [5.74, 6) is 0.810. The van der Waals surface area contributed by atoms with Gasteiger partial charge in [-0.05, 0) is 37.5 Å². The van der Waals surface area contributed by atoms with E-state index in [-0.39, 0.29) is 17.9 Å². The summed E-state index contributed by atoms with van der Waals surface area (Å²) < 4.78 is 15.5. The van der Waals surface area contributed by atoms with Crippen molar-refractivity contribution in [3.05, 3.63) is 23.8 Å². The molecule has 0 spiro atoms. The number of esters is 1. The van der Waals surface area contributed by atoms with Crippen molar-refractivity contribution >= 4 is 5.97 Å². The number of hydrogen-bond donors (Lipinski definition) is 1. The normalized spacial score (nSPS) is 13.4. The number of rotatable bonds is 8. The highest BCUT2D eigenvalue weighted by Gasteiger charge is 2.25. The summed E-state index contributed by atoms with van der Waals surface area (Å²) in [5, 5.41) is 0. The molecule has 0 amide bonds. The molecule has 0 radical (unpaired) electrons. The molecule has 118 valence electrons. The maximum absolute atomic E-state index is 11.9. The minimum atomic E-state index is -0.293. The summed E-state index contributed by atoms with van der Waals surface area (Å²) in [5.41, 5.74) is 7.18. The van der Waals surface area contributed by atoms with Gasteiger partial charge < -0.3 is 19.9 Å². The topological polar surface area (TPSA) is 70.8 Å². The van der Waals surface area contributed by atoms with E-state index >= 15 is 0 Å². The molecule has 2 atom stereocenters. The van der Waals surface area contributed by atoms with Crippen LogP contribution in [0.3, 0.4) is 0 Å². The van der Waals surface area contributed by atoms with Crippen molar-refractivity contribution in [2.45, 2.75) is 32.7 Å². The number of ether oxygens (including phenoxy) is 3. The van der Waals surface area contributed by atoms with E-state index in [1.165, 1.54) is 0 Å². The Morgan fingerprint density at radius 3 is 2.38 bits per heavy atom. The summed E-state index contributed by atoms with van der Waals surface area (Å²) in [7, 11) is 3.19. The monoisotopic (exact) mass is 295 g/mol. The van der Waals surface area contributed by atoms with Crippen LogP contribution in [-0.2, 0) is 16.0 Å². The average molecular weight is 295 g/mol. The summed E-state index contributed by atoms with van der Waals surface area (Å²) >= 11 is 0. The Hall–Kier alpha value is -1.75. The molecule has 0 saturated carbocycles. The molecule has 0 heterocycles. The molecule has 1 aromatic carbocycles. The zero-order valence-corrected chi connectivity index (χ0v) is 13.2. The number of nitrogens with two attached hydrogens (primary N) is 1. The lowest BCUT2D eigenvalue weighted by Gasteiger charge is -2.21. The largest absolute Gasteiger partial charge is 0.493 e. The Bertz CT molecular complexity index is 462. The van der Waals surface area contributed by atoms with Gasteiger partial charge in [0.1, 0.15) is 0 Å². The molecule has 0 saturated heterocycles. The van der Waals surface area contributed by atoms with Crippen LogP contribution in [0.25, 0.3) is 0 Å². The smallest absolute Gasteiger partial charge is 0.310 e. The first-order valence-electron chi connectivity index (χ1n) is 7.20. The van der Waals surface area contributed by atoms with Crippen LogP contribution >= 0.6 is 0 Å². The predicted molar refractivity (Wildman–Crippen MR) is 81.6 cm³/mol. The lowest BCUT2D eigenvalue weighted by atomic mass is 9.92. The summed E-state index contributed by atoms with van der Waals surface area (Å²) in [6.45, 7) is 4.11. The van der Waals surface area contributed by atoms with Crippen molar-refractivity contribution < 1.29 is 19.0 Å². The molecule has 5 nitrogen and oxygen atoms in total. The molecule has 0 aliphatic carbocycles. The van der Waals surface area contributed by atoms with Crippen LogP contribution in [0.15, 0.2) is 18.2 Å². The van der Waals surface area contributed by atoms with Crippen molar-refractivity contribution in [2.75, 3.05) is 20.8 Å². The lowest BCUT2D eigenvalue weighted by molar-refractivity contribution is -0.148. The Balaban J connectivity index is 2.81. The highest BCUT2D eigenvalue weighted by atomic mass is 16.5. The molecule has 0 bridgehead atoms. The fourth-order valence-corrected chi connectivity index (χ4v) is 2.32. The van der Waals surface area contributed by atoms with Gasteiger partial charge in [0.05, 0.1) is 26.7 Å². The molecule has 1 rings (SSSR count). The van der Waals surface area contributed by atoms with Gasteiger partial charge in [0.15, 0.2) is 11.5 Å². The summed E-state index contributed by atoms with van der Waals surface area (Å²) in [4.78, 5) is 11.9. The third kappa shape index (κ3) is 4.63. The number of carbonyl (C=O) groups is 1. The average Bonchev–Trinajstić information content (AvgIpc) is 2.48. The van der Waals surface area contributed by atoms with Gasteiger partial charge in [0.25, 0.3) is 0 Å². The highest BCUT2D eigenvalue weighted by Crippen LogP contribution is 2.28. The number of carbonyl (C=O) groups excluding carboxylic acids is 1. The third-order valence-corrected chi connectivity index (χ3v) is 3.47. The highest BCUT2D eigenvalue weighted by molar-refractivity contribution is 5.73. The van der Waals surface area contributed by atoms with Gasteiger partial charge in [0, 0.05) is 6.04 Å². The van der Waals surface area contributed by atoms with Gasteiger partial charge in [-0.25, -0.2) is 0 Å². The van der Waals surface area contributed by atoms with E-state index in [0.717, 1.165) is 5.56 Å². The second kappa shape index (κ2) is 8.52. The SMILES string of the molecule is CCOC(=O)C(CC)C(N)Cc1ccc(OC)c(OC)c1. The first kappa shape index (κ1) is 17.3. The maximum Gasteiger partial charge on any atom is 0.310 e. The van der Waals surface area contributed by atoms with Crippen LogP contribution in [0.2, 0.25) is 0 Å². The Morgan fingerprint density at radius 2 is 1.86 bits per heavy atom. The van der Waals surface area contributed by atoms with Crippen LogP contribution < -0.4 is 15.2 Å². The minimum absolute atomic E-state index is 0.229. The van der Waals surface area contributed by atoms with Crippen LogP contribution in [0, 0.1) is 5.92 Å². The van der Waals surface area contributed by atoms with Crippen molar-refractivity contribution in [3.8, 4) is 11.5 Å². The van der Waals surface area contributed by atoms with Gasteiger partial charge in [-0.1, -0.05) is 13.0 Å². The molecule has 0 aliphatic rings. The Morgan fingerprint density at radius 1 is 1.19 bits per heavy atom. The van der Waals surface area contributed by atoms with E-state index in [4.69, 9.17) is 19.9 Å². The van der Waals surface area contributed by atoms with Crippen molar-refractivity contribution in [1.29, 1.82) is 0 Å². The first-order chi connectivity index (χ1) is 10.1. The molecule has 2 unspecified atom stereocenters. The van der Waals surface area contributed by atoms with E-state index in [1.54, 1.807) is 21.1 Å². The van der Waals surface area contributed by atoms with Crippen LogP contribution in [0.4, 0.5) is 0 Å². The second-order valence-electron chi connectivity index (χ2n) is 4.82. The molecule has 0 fully saturated rings. The molecular weight excluding hydrogens is 270 g/mol. The zero-order chi connectivity index (χ0) is 15.8. The van der Waals surface area contributed by atoms with Gasteiger partial charge >= 0.3 is 5.97 Å². The number of methoxy groups -OCH3 is 2. The van der Waals surface area contributed by atoms with Crippen molar-refractivity contribution in [3.63, 3.8) is 0 Å². The quantitative estimate of drug-likeness (QED) is 0.744. The summed E-state index contributed by atoms with van der Waals surface area (Å²) in [6.07, 6.45) is 1.24. The molecular formula is C16H25NO4. The third-order valence-electron chi connectivity index (χ3n) is 3.47. The van der Waals surface area contributed by atoms with E-state index in [9.17, 15) is 4.79 Å². The molecule has 0 aromatic heterocycles. The number of benzene rings is 1. The molecule has 1 aromatic rings. The standard InChI is InChI=1S/C16H25NO4/c1-5-12(16(18)21-6-2)13(17)9-11-7-8-14(19-3)15(10-11)20-4/h7-8,10,12-13H,5-6,9,17H2,1-4H3. The van der Waals surface area contributed by atoms with Gasteiger partial charge in [0.2, 0.25) is 0 Å². The van der Waals surface area contributed by atoms with Crippen LogP contribution in [-0.4, -0.2) is 32.8 Å². The van der Waals surface area contributed by atoms with Crippen LogP contribution in [0.1, 0.15) is 25.8 Å². The predicted octanol–water partition coefficient (Wildman–Crippen LogP) is 2.16. The maximum atomic E-state index is 11.9. The lowest BCUT2D eigenvalue weighted by Crippen LogP contribution is -2.38. The van der Waals surface area contributed by atoms with Crippen LogP contribution in [0.5, 0.6) is 11.5 Å². The van der Waals surface area contributed by atoms with E-state index in [0.29, 0.717) is 30.9 Å². The fraction of sp³-hybridized carbons (Fsp3) is 0.562. The summed E-state index contributed by atoms with van der Waals surface area (Å²) in [6, 6.07) is 5.37. The Labute approximate surface area is 126 Å². The van der Waals surface area contributed by atoms with E-state index in [1.807, 2.05) is 25.1 Å². The van der Waals surface area contributed by atoms with E-state index < -0.39 is 0 Å². The van der Waals surface area contributed by atoms with Crippen molar-refractivity contribution in [2.24, 2.45) is 11.7 Å². The molecule has 0 aliphatic heterocycles. The molecule has 2 N–H and O–H groups in total. The Kier molecular flexibility index (Phi) is 7.02. The van der Waals surface area contributed by atoms with Crippen molar-refractivity contribution in [1.82, 2.24) is 0 Å².